The lowest BCUT2D eigenvalue weighted by atomic mass is 10.2. The minimum atomic E-state index is -0.108. The Morgan fingerprint density at radius 3 is 3.00 bits per heavy atom. The molecule has 3 aromatic rings. The summed E-state index contributed by atoms with van der Waals surface area (Å²) >= 11 is 0. The Morgan fingerprint density at radius 1 is 1.35 bits per heavy atom. The number of fused-ring (bicyclic) bond motifs is 1. The molecular formula is C14H11N5O. The van der Waals surface area contributed by atoms with Gasteiger partial charge in [-0.2, -0.15) is 10.4 Å². The van der Waals surface area contributed by atoms with Gasteiger partial charge in [0.1, 0.15) is 17.3 Å². The maximum atomic E-state index is 12.3. The van der Waals surface area contributed by atoms with Crippen LogP contribution in [0, 0.1) is 18.3 Å². The molecule has 0 saturated heterocycles. The fourth-order valence-corrected chi connectivity index (χ4v) is 2.10. The van der Waals surface area contributed by atoms with Gasteiger partial charge < -0.3 is 4.57 Å². The third-order valence-corrected chi connectivity index (χ3v) is 3.02. The van der Waals surface area contributed by atoms with E-state index in [9.17, 15) is 4.79 Å². The molecular weight excluding hydrogens is 254 g/mol. The number of aryl methyl sites for hydroxylation is 1. The highest BCUT2D eigenvalue weighted by Gasteiger charge is 2.06. The number of aromatic nitrogens is 4. The van der Waals surface area contributed by atoms with Crippen molar-refractivity contribution in [3.8, 4) is 6.07 Å². The van der Waals surface area contributed by atoms with E-state index in [4.69, 9.17) is 5.26 Å². The van der Waals surface area contributed by atoms with E-state index in [1.807, 2.05) is 13.0 Å². The number of pyridine rings is 1. The van der Waals surface area contributed by atoms with Crippen molar-refractivity contribution in [3.63, 3.8) is 0 Å². The van der Waals surface area contributed by atoms with Crippen molar-refractivity contribution in [2.24, 2.45) is 0 Å². The van der Waals surface area contributed by atoms with E-state index >= 15 is 0 Å². The third kappa shape index (κ3) is 2.06. The van der Waals surface area contributed by atoms with Gasteiger partial charge in [-0.15, -0.1) is 0 Å². The van der Waals surface area contributed by atoms with Gasteiger partial charge in [0, 0.05) is 18.6 Å². The number of hydrogen-bond acceptors (Lipinski definition) is 4. The number of nitrogens with zero attached hydrogens (tertiary/aromatic N) is 5. The predicted molar refractivity (Wildman–Crippen MR) is 72.2 cm³/mol. The van der Waals surface area contributed by atoms with Gasteiger partial charge in [-0.1, -0.05) is 0 Å². The normalized spacial score (nSPS) is 10.6. The van der Waals surface area contributed by atoms with E-state index in [1.54, 1.807) is 45.9 Å². The first-order chi connectivity index (χ1) is 9.67. The van der Waals surface area contributed by atoms with E-state index in [1.165, 1.54) is 0 Å². The zero-order valence-corrected chi connectivity index (χ0v) is 10.8. The summed E-state index contributed by atoms with van der Waals surface area (Å²) in [5.41, 5.74) is 2.44. The fraction of sp³-hybridized carbons (Fsp3) is 0.143. The summed E-state index contributed by atoms with van der Waals surface area (Å²) in [4.78, 5) is 16.2. The van der Waals surface area contributed by atoms with Crippen LogP contribution in [0.25, 0.3) is 5.52 Å². The van der Waals surface area contributed by atoms with Gasteiger partial charge in [0.05, 0.1) is 12.2 Å². The van der Waals surface area contributed by atoms with Crippen molar-refractivity contribution in [3.05, 3.63) is 64.1 Å². The Hall–Kier alpha value is -2.94. The van der Waals surface area contributed by atoms with Crippen LogP contribution in [0.3, 0.4) is 0 Å². The number of hydrogen-bond donors (Lipinski definition) is 0. The van der Waals surface area contributed by atoms with Crippen molar-refractivity contribution in [1.29, 1.82) is 5.26 Å². The standard InChI is InChI=1S/C14H11N5O/c1-10-6-13-14(20)18(4-5-19(13)17-10)9-11-2-3-16-12(7-11)8-15/h2-7H,9H2,1H3. The second kappa shape index (κ2) is 4.63. The largest absolute Gasteiger partial charge is 0.308 e. The van der Waals surface area contributed by atoms with Crippen molar-refractivity contribution in [2.75, 3.05) is 0 Å². The molecule has 6 heteroatoms. The Balaban J connectivity index is 2.04. The molecule has 0 atom stereocenters. The average Bonchev–Trinajstić information content (AvgIpc) is 2.84. The summed E-state index contributed by atoms with van der Waals surface area (Å²) in [5.74, 6) is 0. The van der Waals surface area contributed by atoms with Crippen molar-refractivity contribution >= 4 is 5.52 Å². The van der Waals surface area contributed by atoms with Crippen LogP contribution in [-0.2, 0) is 6.54 Å². The van der Waals surface area contributed by atoms with Crippen LogP contribution in [0.2, 0.25) is 0 Å². The number of nitriles is 1. The monoisotopic (exact) mass is 265 g/mol. The predicted octanol–water partition coefficient (Wildman–Crippen LogP) is 1.12. The molecule has 6 nitrogen and oxygen atoms in total. The summed E-state index contributed by atoms with van der Waals surface area (Å²) in [7, 11) is 0. The maximum Gasteiger partial charge on any atom is 0.276 e. The SMILES string of the molecule is Cc1cc2c(=O)n(Cc3ccnc(C#N)c3)ccn2n1. The third-order valence-electron chi connectivity index (χ3n) is 3.02. The summed E-state index contributed by atoms with van der Waals surface area (Å²) < 4.78 is 3.16. The fourth-order valence-electron chi connectivity index (χ4n) is 2.10. The van der Waals surface area contributed by atoms with Gasteiger partial charge in [0.15, 0.2) is 0 Å². The highest BCUT2D eigenvalue weighted by atomic mass is 16.1. The van der Waals surface area contributed by atoms with Crippen LogP contribution in [0.4, 0.5) is 0 Å². The Labute approximate surface area is 114 Å². The Kier molecular flexibility index (Phi) is 2.80. The molecule has 0 aromatic carbocycles. The molecule has 0 aliphatic carbocycles. The highest BCUT2D eigenvalue weighted by Crippen LogP contribution is 2.04. The Morgan fingerprint density at radius 2 is 2.20 bits per heavy atom. The zero-order valence-electron chi connectivity index (χ0n) is 10.8. The van der Waals surface area contributed by atoms with Crippen molar-refractivity contribution in [2.45, 2.75) is 13.5 Å². The van der Waals surface area contributed by atoms with E-state index in [-0.39, 0.29) is 5.56 Å². The first-order valence-corrected chi connectivity index (χ1v) is 6.08. The lowest BCUT2D eigenvalue weighted by Crippen LogP contribution is -2.21. The first kappa shape index (κ1) is 12.1. The van der Waals surface area contributed by atoms with Gasteiger partial charge in [0.2, 0.25) is 0 Å². The van der Waals surface area contributed by atoms with E-state index in [0.717, 1.165) is 11.3 Å². The quantitative estimate of drug-likeness (QED) is 0.695. The van der Waals surface area contributed by atoms with Crippen LogP contribution in [0.1, 0.15) is 17.0 Å². The molecule has 3 heterocycles. The molecule has 0 bridgehead atoms. The molecule has 0 radical (unpaired) electrons. The minimum absolute atomic E-state index is 0.108. The molecule has 0 unspecified atom stereocenters. The molecule has 98 valence electrons. The van der Waals surface area contributed by atoms with Crippen LogP contribution >= 0.6 is 0 Å². The van der Waals surface area contributed by atoms with E-state index in [2.05, 4.69) is 10.1 Å². The lowest BCUT2D eigenvalue weighted by molar-refractivity contribution is 0.740. The Bertz CT molecular complexity index is 884. The van der Waals surface area contributed by atoms with Gasteiger partial charge in [-0.3, -0.25) is 4.79 Å². The zero-order chi connectivity index (χ0) is 14.1. The van der Waals surface area contributed by atoms with Gasteiger partial charge in [0.25, 0.3) is 5.56 Å². The summed E-state index contributed by atoms with van der Waals surface area (Å²) in [6.45, 7) is 2.25. The van der Waals surface area contributed by atoms with Crippen LogP contribution < -0.4 is 5.56 Å². The molecule has 0 fully saturated rings. The maximum absolute atomic E-state index is 12.3. The molecule has 0 N–H and O–H groups in total. The molecule has 0 aliphatic heterocycles. The molecule has 3 aromatic heterocycles. The highest BCUT2D eigenvalue weighted by molar-refractivity contribution is 5.45. The number of rotatable bonds is 2. The molecule has 0 saturated carbocycles. The summed E-state index contributed by atoms with van der Waals surface area (Å²) in [6.07, 6.45) is 5.00. The van der Waals surface area contributed by atoms with E-state index in [0.29, 0.717) is 17.8 Å². The van der Waals surface area contributed by atoms with E-state index < -0.39 is 0 Å². The van der Waals surface area contributed by atoms with Crippen LogP contribution in [-0.4, -0.2) is 19.2 Å². The smallest absolute Gasteiger partial charge is 0.276 e. The minimum Gasteiger partial charge on any atom is -0.308 e. The molecule has 20 heavy (non-hydrogen) atoms. The summed E-state index contributed by atoms with van der Waals surface area (Å²) in [5, 5.41) is 13.0. The first-order valence-electron chi connectivity index (χ1n) is 6.08. The van der Waals surface area contributed by atoms with Gasteiger partial charge in [-0.05, 0) is 30.7 Å². The van der Waals surface area contributed by atoms with Crippen LogP contribution in [0.5, 0.6) is 0 Å². The van der Waals surface area contributed by atoms with Gasteiger partial charge in [-0.25, -0.2) is 9.50 Å². The second-order valence-electron chi connectivity index (χ2n) is 4.51. The molecule has 3 rings (SSSR count). The second-order valence-corrected chi connectivity index (χ2v) is 4.51. The molecule has 0 spiro atoms. The lowest BCUT2D eigenvalue weighted by Gasteiger charge is -2.06. The molecule has 0 aliphatic rings. The average molecular weight is 265 g/mol. The van der Waals surface area contributed by atoms with Gasteiger partial charge >= 0.3 is 0 Å². The topological polar surface area (TPSA) is 76.0 Å². The van der Waals surface area contributed by atoms with Crippen molar-refractivity contribution < 1.29 is 0 Å². The van der Waals surface area contributed by atoms with Crippen LogP contribution in [0.15, 0.2) is 41.6 Å². The molecule has 0 amide bonds. The van der Waals surface area contributed by atoms with Crippen molar-refractivity contribution in [1.82, 2.24) is 19.2 Å². The summed E-state index contributed by atoms with van der Waals surface area (Å²) in [6, 6.07) is 7.21.